The summed E-state index contributed by atoms with van der Waals surface area (Å²) in [4.78, 5) is 11.7. The van der Waals surface area contributed by atoms with E-state index in [0.717, 1.165) is 12.2 Å². The van der Waals surface area contributed by atoms with Crippen LogP contribution in [0.2, 0.25) is 5.02 Å². The van der Waals surface area contributed by atoms with Gasteiger partial charge in [0, 0.05) is 22.3 Å². The molecular formula is C16H10ClF4NO. The third-order valence-corrected chi connectivity index (χ3v) is 3.10. The third kappa shape index (κ3) is 4.82. The molecule has 1 amide bonds. The van der Waals surface area contributed by atoms with Crippen LogP contribution in [0.3, 0.4) is 0 Å². The zero-order valence-electron chi connectivity index (χ0n) is 11.5. The normalized spacial score (nSPS) is 11.7. The van der Waals surface area contributed by atoms with E-state index in [-0.39, 0.29) is 5.56 Å². The molecule has 0 spiro atoms. The van der Waals surface area contributed by atoms with Crippen molar-refractivity contribution < 1.29 is 22.4 Å². The molecule has 0 radical (unpaired) electrons. The first kappa shape index (κ1) is 17.0. The summed E-state index contributed by atoms with van der Waals surface area (Å²) in [6, 6.07) is 8.22. The van der Waals surface area contributed by atoms with Gasteiger partial charge in [0.25, 0.3) is 0 Å². The van der Waals surface area contributed by atoms with Crippen molar-refractivity contribution in [1.29, 1.82) is 0 Å². The van der Waals surface area contributed by atoms with Crippen LogP contribution in [-0.4, -0.2) is 5.91 Å². The van der Waals surface area contributed by atoms with E-state index >= 15 is 0 Å². The zero-order valence-corrected chi connectivity index (χ0v) is 12.3. The standard InChI is InChI=1S/C16H10ClF4NO/c17-12-3-5-13(6-4-12)22-15(23)8-1-10-9-11(16(19,20)21)2-7-14(10)18/h1-9H,(H,22,23). The summed E-state index contributed by atoms with van der Waals surface area (Å²) in [5.74, 6) is -1.46. The minimum absolute atomic E-state index is 0.328. The van der Waals surface area contributed by atoms with Crippen molar-refractivity contribution in [1.82, 2.24) is 0 Å². The van der Waals surface area contributed by atoms with Crippen LogP contribution in [0.5, 0.6) is 0 Å². The average Bonchev–Trinajstić information content (AvgIpc) is 2.47. The highest BCUT2D eigenvalue weighted by atomic mass is 35.5. The van der Waals surface area contributed by atoms with Crippen molar-refractivity contribution in [2.45, 2.75) is 6.18 Å². The Kier molecular flexibility index (Phi) is 5.05. The number of hydrogen-bond acceptors (Lipinski definition) is 1. The highest BCUT2D eigenvalue weighted by molar-refractivity contribution is 6.30. The molecule has 0 aliphatic heterocycles. The molecule has 2 aromatic carbocycles. The Bertz CT molecular complexity index is 739. The summed E-state index contributed by atoms with van der Waals surface area (Å²) in [5, 5.41) is 2.96. The van der Waals surface area contributed by atoms with Gasteiger partial charge in [-0.2, -0.15) is 13.2 Å². The fourth-order valence-corrected chi connectivity index (χ4v) is 1.86. The molecular weight excluding hydrogens is 334 g/mol. The monoisotopic (exact) mass is 343 g/mol. The minimum Gasteiger partial charge on any atom is -0.323 e. The Morgan fingerprint density at radius 1 is 1.09 bits per heavy atom. The maximum Gasteiger partial charge on any atom is 0.416 e. The van der Waals surface area contributed by atoms with Crippen LogP contribution in [0, 0.1) is 5.82 Å². The van der Waals surface area contributed by atoms with E-state index in [1.165, 1.54) is 0 Å². The summed E-state index contributed by atoms with van der Waals surface area (Å²) in [5.41, 5.74) is -0.865. The largest absolute Gasteiger partial charge is 0.416 e. The molecule has 0 unspecified atom stereocenters. The van der Waals surface area contributed by atoms with E-state index < -0.39 is 23.5 Å². The van der Waals surface area contributed by atoms with Crippen LogP contribution >= 0.6 is 11.6 Å². The lowest BCUT2D eigenvalue weighted by Crippen LogP contribution is -2.08. The lowest BCUT2D eigenvalue weighted by Gasteiger charge is -2.07. The number of nitrogens with one attached hydrogen (secondary N) is 1. The minimum atomic E-state index is -4.58. The third-order valence-electron chi connectivity index (χ3n) is 2.85. The Morgan fingerprint density at radius 2 is 1.74 bits per heavy atom. The van der Waals surface area contributed by atoms with Gasteiger partial charge < -0.3 is 5.32 Å². The Morgan fingerprint density at radius 3 is 2.35 bits per heavy atom. The second-order valence-corrected chi connectivity index (χ2v) is 5.00. The van der Waals surface area contributed by atoms with Gasteiger partial charge >= 0.3 is 6.18 Å². The molecule has 0 aliphatic rings. The van der Waals surface area contributed by atoms with Gasteiger partial charge in [-0.1, -0.05) is 11.6 Å². The molecule has 0 saturated carbocycles. The number of carbonyl (C=O) groups excluding carboxylic acids is 1. The van der Waals surface area contributed by atoms with E-state index in [9.17, 15) is 22.4 Å². The molecule has 0 fully saturated rings. The van der Waals surface area contributed by atoms with Crippen molar-refractivity contribution in [3.05, 3.63) is 70.5 Å². The van der Waals surface area contributed by atoms with Crippen molar-refractivity contribution in [3.63, 3.8) is 0 Å². The molecule has 0 atom stereocenters. The van der Waals surface area contributed by atoms with Crippen LogP contribution in [0.1, 0.15) is 11.1 Å². The maximum atomic E-state index is 13.5. The highest BCUT2D eigenvalue weighted by Crippen LogP contribution is 2.30. The first-order valence-corrected chi connectivity index (χ1v) is 6.75. The summed E-state index contributed by atoms with van der Waals surface area (Å²) in [7, 11) is 0. The van der Waals surface area contributed by atoms with Gasteiger partial charge in [-0.05, 0) is 48.5 Å². The molecule has 0 aromatic heterocycles. The quantitative estimate of drug-likeness (QED) is 0.606. The van der Waals surface area contributed by atoms with Gasteiger partial charge in [0.2, 0.25) is 5.91 Å². The predicted octanol–water partition coefficient (Wildman–Crippen LogP) is 5.15. The van der Waals surface area contributed by atoms with Gasteiger partial charge in [0.05, 0.1) is 5.56 Å². The van der Waals surface area contributed by atoms with Gasteiger partial charge in [-0.3, -0.25) is 4.79 Å². The number of anilines is 1. The molecule has 0 heterocycles. The zero-order chi connectivity index (χ0) is 17.0. The summed E-state index contributed by atoms with van der Waals surface area (Å²) >= 11 is 5.70. The molecule has 0 bridgehead atoms. The Hall–Kier alpha value is -2.34. The molecule has 2 aromatic rings. The van der Waals surface area contributed by atoms with Crippen molar-refractivity contribution in [2.75, 3.05) is 5.32 Å². The molecule has 1 N–H and O–H groups in total. The summed E-state index contributed by atoms with van der Waals surface area (Å²) in [6.07, 6.45) is -2.65. The second kappa shape index (κ2) is 6.83. The number of benzene rings is 2. The molecule has 120 valence electrons. The first-order chi connectivity index (χ1) is 10.8. The smallest absolute Gasteiger partial charge is 0.323 e. The molecule has 2 rings (SSSR count). The fourth-order valence-electron chi connectivity index (χ4n) is 1.73. The number of rotatable bonds is 3. The van der Waals surface area contributed by atoms with Gasteiger partial charge in [0.15, 0.2) is 0 Å². The van der Waals surface area contributed by atoms with Crippen LogP contribution in [-0.2, 0) is 11.0 Å². The molecule has 2 nitrogen and oxygen atoms in total. The van der Waals surface area contributed by atoms with Crippen LogP contribution in [0.4, 0.5) is 23.2 Å². The van der Waals surface area contributed by atoms with Crippen molar-refractivity contribution in [3.8, 4) is 0 Å². The molecule has 23 heavy (non-hydrogen) atoms. The topological polar surface area (TPSA) is 29.1 Å². The van der Waals surface area contributed by atoms with Gasteiger partial charge in [-0.25, -0.2) is 4.39 Å². The van der Waals surface area contributed by atoms with Gasteiger partial charge in [-0.15, -0.1) is 0 Å². The predicted molar refractivity (Wildman–Crippen MR) is 80.5 cm³/mol. The average molecular weight is 344 g/mol. The van der Waals surface area contributed by atoms with Gasteiger partial charge in [0.1, 0.15) is 5.82 Å². The molecule has 0 saturated heterocycles. The number of carbonyl (C=O) groups is 1. The number of amides is 1. The second-order valence-electron chi connectivity index (χ2n) is 4.56. The van der Waals surface area contributed by atoms with Crippen LogP contribution in [0.15, 0.2) is 48.5 Å². The van der Waals surface area contributed by atoms with Crippen LogP contribution in [0.25, 0.3) is 6.08 Å². The summed E-state index contributed by atoms with van der Waals surface area (Å²) in [6.45, 7) is 0. The van der Waals surface area contributed by atoms with E-state index in [1.54, 1.807) is 24.3 Å². The highest BCUT2D eigenvalue weighted by Gasteiger charge is 2.30. The fraction of sp³-hybridized carbons (Fsp3) is 0.0625. The Balaban J connectivity index is 2.13. The number of hydrogen-bond donors (Lipinski definition) is 1. The van der Waals surface area contributed by atoms with E-state index in [0.29, 0.717) is 28.9 Å². The van der Waals surface area contributed by atoms with E-state index in [2.05, 4.69) is 5.32 Å². The van der Waals surface area contributed by atoms with E-state index in [4.69, 9.17) is 11.6 Å². The van der Waals surface area contributed by atoms with Crippen molar-refractivity contribution in [2.24, 2.45) is 0 Å². The lowest BCUT2D eigenvalue weighted by atomic mass is 10.1. The number of halogens is 5. The van der Waals surface area contributed by atoms with E-state index in [1.807, 2.05) is 0 Å². The van der Waals surface area contributed by atoms with Crippen molar-refractivity contribution >= 4 is 29.3 Å². The summed E-state index contributed by atoms with van der Waals surface area (Å²) < 4.78 is 51.3. The maximum absolute atomic E-state index is 13.5. The first-order valence-electron chi connectivity index (χ1n) is 6.37. The van der Waals surface area contributed by atoms with Crippen LogP contribution < -0.4 is 5.32 Å². The Labute approximate surface area is 134 Å². The lowest BCUT2D eigenvalue weighted by molar-refractivity contribution is -0.137. The SMILES string of the molecule is O=C(C=Cc1cc(C(F)(F)F)ccc1F)Nc1ccc(Cl)cc1. The number of alkyl halides is 3. The molecule has 7 heteroatoms. The molecule has 0 aliphatic carbocycles.